The Bertz CT molecular complexity index is 898. The van der Waals surface area contributed by atoms with Crippen molar-refractivity contribution in [2.45, 2.75) is 38.8 Å². The number of nitrogens with one attached hydrogen (secondary N) is 2. The van der Waals surface area contributed by atoms with Crippen molar-refractivity contribution < 1.29 is 27.8 Å². The number of anilines is 1. The van der Waals surface area contributed by atoms with Crippen LogP contribution in [-0.4, -0.2) is 25.5 Å². The van der Waals surface area contributed by atoms with Crippen LogP contribution in [0, 0.1) is 5.92 Å². The number of alkyl halides is 2. The zero-order valence-electron chi connectivity index (χ0n) is 16.6. The Morgan fingerprint density at radius 2 is 1.87 bits per heavy atom. The van der Waals surface area contributed by atoms with Crippen LogP contribution in [0.15, 0.2) is 42.5 Å². The molecule has 0 atom stereocenters. The zero-order chi connectivity index (χ0) is 21.5. The van der Waals surface area contributed by atoms with E-state index in [9.17, 15) is 18.4 Å². The van der Waals surface area contributed by atoms with Crippen LogP contribution in [0.3, 0.4) is 0 Å². The molecule has 1 aliphatic carbocycles. The number of methoxy groups -OCH3 is 1. The van der Waals surface area contributed by atoms with E-state index >= 15 is 0 Å². The van der Waals surface area contributed by atoms with Crippen molar-refractivity contribution in [1.29, 1.82) is 0 Å². The lowest BCUT2D eigenvalue weighted by Crippen LogP contribution is -2.23. The maximum absolute atomic E-state index is 12.6. The molecule has 2 amide bonds. The highest BCUT2D eigenvalue weighted by molar-refractivity contribution is 5.95. The predicted octanol–water partition coefficient (Wildman–Crippen LogP) is 4.36. The summed E-state index contributed by atoms with van der Waals surface area (Å²) in [5.41, 5.74) is 1.64. The summed E-state index contributed by atoms with van der Waals surface area (Å²) < 4.78 is 34.5. The fourth-order valence-corrected chi connectivity index (χ4v) is 3.48. The van der Waals surface area contributed by atoms with Crippen LogP contribution < -0.4 is 20.1 Å². The molecule has 30 heavy (non-hydrogen) atoms. The molecule has 3 rings (SSSR count). The average molecular weight is 418 g/mol. The van der Waals surface area contributed by atoms with E-state index < -0.39 is 12.5 Å². The van der Waals surface area contributed by atoms with Gasteiger partial charge in [0.25, 0.3) is 5.91 Å². The van der Waals surface area contributed by atoms with Crippen LogP contribution >= 0.6 is 0 Å². The van der Waals surface area contributed by atoms with Gasteiger partial charge in [0, 0.05) is 23.7 Å². The van der Waals surface area contributed by atoms with Crippen LogP contribution in [0.5, 0.6) is 11.5 Å². The molecule has 0 heterocycles. The molecule has 0 aromatic heterocycles. The summed E-state index contributed by atoms with van der Waals surface area (Å²) in [5, 5.41) is 5.66. The summed E-state index contributed by atoms with van der Waals surface area (Å²) >= 11 is 0. The molecule has 0 bridgehead atoms. The van der Waals surface area contributed by atoms with E-state index in [1.165, 1.54) is 25.3 Å². The fraction of sp³-hybridized carbons (Fsp3) is 0.364. The third-order valence-electron chi connectivity index (χ3n) is 5.02. The Balaban J connectivity index is 1.61. The molecule has 8 heteroatoms. The third-order valence-corrected chi connectivity index (χ3v) is 5.02. The van der Waals surface area contributed by atoms with Crippen LogP contribution in [0.1, 0.15) is 41.6 Å². The van der Waals surface area contributed by atoms with Crippen molar-refractivity contribution in [3.63, 3.8) is 0 Å². The Morgan fingerprint density at radius 3 is 2.57 bits per heavy atom. The summed E-state index contributed by atoms with van der Waals surface area (Å²) in [6, 6.07) is 11.3. The lowest BCUT2D eigenvalue weighted by Gasteiger charge is -2.13. The van der Waals surface area contributed by atoms with Crippen LogP contribution in [0.25, 0.3) is 0 Å². The van der Waals surface area contributed by atoms with Gasteiger partial charge in [-0.2, -0.15) is 8.78 Å². The van der Waals surface area contributed by atoms with Gasteiger partial charge in [0.2, 0.25) is 5.91 Å². The van der Waals surface area contributed by atoms with Gasteiger partial charge >= 0.3 is 6.61 Å². The first-order valence-electron chi connectivity index (χ1n) is 9.77. The highest BCUT2D eigenvalue weighted by atomic mass is 19.3. The number of benzene rings is 2. The maximum atomic E-state index is 12.6. The highest BCUT2D eigenvalue weighted by Crippen LogP contribution is 2.29. The summed E-state index contributed by atoms with van der Waals surface area (Å²) in [7, 11) is 1.33. The van der Waals surface area contributed by atoms with Gasteiger partial charge in [0.15, 0.2) is 11.5 Å². The Morgan fingerprint density at radius 1 is 1.10 bits per heavy atom. The molecule has 2 aromatic carbocycles. The Kier molecular flexibility index (Phi) is 7.21. The first-order valence-corrected chi connectivity index (χ1v) is 9.77. The number of hydrogen-bond acceptors (Lipinski definition) is 4. The van der Waals surface area contributed by atoms with Gasteiger partial charge in [-0.15, -0.1) is 0 Å². The standard InChI is InChI=1S/C22H24F2N2O4/c1-29-18-10-9-16(12-19(18)30-22(23)24)20(27)25-13-14-5-4-8-17(11-14)26-21(28)15-6-2-3-7-15/h4-5,8-12,15,22H,2-3,6-7,13H2,1H3,(H,25,27)(H,26,28). The topological polar surface area (TPSA) is 76.7 Å². The molecule has 0 spiro atoms. The smallest absolute Gasteiger partial charge is 0.387 e. The predicted molar refractivity (Wildman–Crippen MR) is 108 cm³/mol. The molecule has 160 valence electrons. The largest absolute Gasteiger partial charge is 0.493 e. The second-order valence-electron chi connectivity index (χ2n) is 7.10. The molecular formula is C22H24F2N2O4. The van der Waals surface area contributed by atoms with Gasteiger partial charge in [0.05, 0.1) is 7.11 Å². The monoisotopic (exact) mass is 418 g/mol. The van der Waals surface area contributed by atoms with Crippen molar-refractivity contribution in [1.82, 2.24) is 5.32 Å². The number of carbonyl (C=O) groups excluding carboxylic acids is 2. The van der Waals surface area contributed by atoms with Gasteiger partial charge in [-0.05, 0) is 48.7 Å². The Hall–Kier alpha value is -3.16. The highest BCUT2D eigenvalue weighted by Gasteiger charge is 2.22. The number of halogens is 2. The number of rotatable bonds is 8. The van der Waals surface area contributed by atoms with Gasteiger partial charge in [0.1, 0.15) is 0 Å². The quantitative estimate of drug-likeness (QED) is 0.668. The second-order valence-corrected chi connectivity index (χ2v) is 7.10. The van der Waals surface area contributed by atoms with E-state index in [0.29, 0.717) is 5.69 Å². The minimum absolute atomic E-state index is 0.0264. The minimum atomic E-state index is -3.03. The van der Waals surface area contributed by atoms with Gasteiger partial charge in [-0.1, -0.05) is 25.0 Å². The van der Waals surface area contributed by atoms with Crippen LogP contribution in [-0.2, 0) is 11.3 Å². The minimum Gasteiger partial charge on any atom is -0.493 e. The number of amides is 2. The van der Waals surface area contributed by atoms with E-state index in [1.54, 1.807) is 18.2 Å². The zero-order valence-corrected chi connectivity index (χ0v) is 16.6. The summed E-state index contributed by atoms with van der Waals surface area (Å²) in [6.07, 6.45) is 4.00. The molecule has 1 aliphatic rings. The molecule has 6 nitrogen and oxygen atoms in total. The van der Waals surface area contributed by atoms with Crippen molar-refractivity contribution in [2.75, 3.05) is 12.4 Å². The normalized spacial score (nSPS) is 13.9. The van der Waals surface area contributed by atoms with Crippen molar-refractivity contribution in [3.05, 3.63) is 53.6 Å². The molecule has 2 aromatic rings. The first kappa shape index (κ1) is 21.5. The van der Waals surface area contributed by atoms with Crippen molar-refractivity contribution >= 4 is 17.5 Å². The maximum Gasteiger partial charge on any atom is 0.387 e. The van der Waals surface area contributed by atoms with E-state index in [2.05, 4.69) is 15.4 Å². The lowest BCUT2D eigenvalue weighted by atomic mass is 10.1. The van der Waals surface area contributed by atoms with E-state index in [1.807, 2.05) is 6.07 Å². The van der Waals surface area contributed by atoms with Crippen LogP contribution in [0.4, 0.5) is 14.5 Å². The molecule has 1 fully saturated rings. The first-order chi connectivity index (χ1) is 14.5. The number of carbonyl (C=O) groups is 2. The molecule has 0 unspecified atom stereocenters. The average Bonchev–Trinajstić information content (AvgIpc) is 3.27. The lowest BCUT2D eigenvalue weighted by molar-refractivity contribution is -0.119. The van der Waals surface area contributed by atoms with Gasteiger partial charge in [-0.3, -0.25) is 9.59 Å². The second kappa shape index (κ2) is 10.0. The SMILES string of the molecule is COc1ccc(C(=O)NCc2cccc(NC(=O)C3CCCC3)c2)cc1OC(F)F. The molecule has 0 radical (unpaired) electrons. The number of hydrogen-bond donors (Lipinski definition) is 2. The summed E-state index contributed by atoms with van der Waals surface area (Å²) in [6.45, 7) is -2.82. The van der Waals surface area contributed by atoms with Gasteiger partial charge in [-0.25, -0.2) is 0 Å². The van der Waals surface area contributed by atoms with Crippen molar-refractivity contribution in [2.24, 2.45) is 5.92 Å². The van der Waals surface area contributed by atoms with E-state index in [-0.39, 0.29) is 35.4 Å². The molecule has 0 saturated heterocycles. The van der Waals surface area contributed by atoms with Crippen molar-refractivity contribution in [3.8, 4) is 11.5 Å². The van der Waals surface area contributed by atoms with Crippen LogP contribution in [0.2, 0.25) is 0 Å². The molecular weight excluding hydrogens is 394 g/mol. The van der Waals surface area contributed by atoms with E-state index in [4.69, 9.17) is 4.74 Å². The third kappa shape index (κ3) is 5.68. The fourth-order valence-electron chi connectivity index (χ4n) is 3.48. The van der Waals surface area contributed by atoms with E-state index in [0.717, 1.165) is 31.2 Å². The summed E-state index contributed by atoms with van der Waals surface area (Å²) in [4.78, 5) is 24.7. The molecule has 2 N–H and O–H groups in total. The van der Waals surface area contributed by atoms with Gasteiger partial charge < -0.3 is 20.1 Å². The molecule has 0 aliphatic heterocycles. The Labute approximate surface area is 173 Å². The number of ether oxygens (including phenoxy) is 2. The molecule has 1 saturated carbocycles. The summed E-state index contributed by atoms with van der Waals surface area (Å²) in [5.74, 6) is -0.460.